The molecule has 1 aliphatic rings. The first-order chi connectivity index (χ1) is 46.2. The molecule has 11 heteroatoms. The number of carbonyl (C=O) groups excluding carboxylic acids is 2. The van der Waals surface area contributed by atoms with Gasteiger partial charge in [-0.3, -0.25) is 9.59 Å². The first-order valence-electron chi connectivity index (χ1n) is 40.2. The van der Waals surface area contributed by atoms with Crippen molar-refractivity contribution in [1.29, 1.82) is 0 Å². The van der Waals surface area contributed by atoms with E-state index in [1.165, 1.54) is 276 Å². The van der Waals surface area contributed by atoms with Gasteiger partial charge in [0.25, 0.3) is 0 Å². The zero-order valence-electron chi connectivity index (χ0n) is 61.2. The molecule has 0 saturated carbocycles. The molecule has 548 valence electrons. The molecule has 0 radical (unpaired) electrons. The van der Waals surface area contributed by atoms with Crippen molar-refractivity contribution in [1.82, 2.24) is 5.32 Å². The van der Waals surface area contributed by atoms with Crippen LogP contribution in [0.4, 0.5) is 0 Å². The molecule has 1 aliphatic heterocycles. The average Bonchev–Trinajstić information content (AvgIpc) is 0.844. The minimum Gasteiger partial charge on any atom is -0.466 e. The molecule has 0 aliphatic carbocycles. The fourth-order valence-corrected chi connectivity index (χ4v) is 12.4. The van der Waals surface area contributed by atoms with Crippen molar-refractivity contribution < 1.29 is 49.3 Å². The number of amides is 1. The van der Waals surface area contributed by atoms with Gasteiger partial charge in [0.05, 0.1) is 32.0 Å². The predicted molar refractivity (Wildman–Crippen MR) is 398 cm³/mol. The van der Waals surface area contributed by atoms with E-state index < -0.39 is 49.5 Å². The number of esters is 1. The van der Waals surface area contributed by atoms with Crippen LogP contribution in [-0.4, -0.2) is 100 Å². The van der Waals surface area contributed by atoms with E-state index in [0.717, 1.165) is 77.0 Å². The van der Waals surface area contributed by atoms with E-state index in [1.54, 1.807) is 6.08 Å². The molecule has 0 aromatic heterocycles. The van der Waals surface area contributed by atoms with Gasteiger partial charge in [-0.25, -0.2) is 0 Å². The molecule has 1 heterocycles. The minimum atomic E-state index is -1.58. The van der Waals surface area contributed by atoms with Crippen LogP contribution >= 0.6 is 0 Å². The highest BCUT2D eigenvalue weighted by Crippen LogP contribution is 2.24. The lowest BCUT2D eigenvalue weighted by atomic mass is 9.99. The number of aliphatic hydroxyl groups is 5. The van der Waals surface area contributed by atoms with Crippen LogP contribution in [0.1, 0.15) is 380 Å². The fraction of sp³-hybridized carbons (Fsp3) is 0.831. The first kappa shape index (κ1) is 89.1. The molecule has 0 spiro atoms. The zero-order valence-corrected chi connectivity index (χ0v) is 61.2. The second kappa shape index (κ2) is 71.4. The van der Waals surface area contributed by atoms with E-state index in [4.69, 9.17) is 14.2 Å². The summed E-state index contributed by atoms with van der Waals surface area (Å²) in [7, 11) is 0. The molecular formula is C83H151NO10. The molecule has 6 N–H and O–H groups in total. The summed E-state index contributed by atoms with van der Waals surface area (Å²) in [6, 6.07) is -0.834. The largest absolute Gasteiger partial charge is 0.466 e. The Balaban J connectivity index is 1.92. The number of ether oxygens (including phenoxy) is 3. The second-order valence-electron chi connectivity index (χ2n) is 27.7. The molecular weight excluding hydrogens is 1170 g/mol. The van der Waals surface area contributed by atoms with Gasteiger partial charge in [0.1, 0.15) is 24.4 Å². The monoisotopic (exact) mass is 1320 g/mol. The fourth-order valence-electron chi connectivity index (χ4n) is 12.4. The molecule has 11 nitrogen and oxygen atoms in total. The Labute approximate surface area is 579 Å². The van der Waals surface area contributed by atoms with Crippen molar-refractivity contribution in [2.24, 2.45) is 0 Å². The molecule has 7 unspecified atom stereocenters. The molecule has 94 heavy (non-hydrogen) atoms. The summed E-state index contributed by atoms with van der Waals surface area (Å²) in [4.78, 5) is 25.1. The highest BCUT2D eigenvalue weighted by molar-refractivity contribution is 5.76. The number of unbranched alkanes of at least 4 members (excludes halogenated alkanes) is 47. The normalized spacial score (nSPS) is 17.8. The van der Waals surface area contributed by atoms with E-state index in [2.05, 4.69) is 79.9 Å². The smallest absolute Gasteiger partial charge is 0.305 e. The summed E-state index contributed by atoms with van der Waals surface area (Å²) in [6.45, 7) is 4.32. The number of hydrogen-bond acceptors (Lipinski definition) is 10. The van der Waals surface area contributed by atoms with Crippen molar-refractivity contribution in [2.45, 2.75) is 423 Å². The maximum Gasteiger partial charge on any atom is 0.305 e. The molecule has 7 atom stereocenters. The molecule has 1 saturated heterocycles. The van der Waals surface area contributed by atoms with Gasteiger partial charge in [0, 0.05) is 12.8 Å². The maximum absolute atomic E-state index is 13.1. The number of hydrogen-bond donors (Lipinski definition) is 6. The Morgan fingerprint density at radius 2 is 0.723 bits per heavy atom. The van der Waals surface area contributed by atoms with Crippen LogP contribution in [0.2, 0.25) is 0 Å². The van der Waals surface area contributed by atoms with Crippen LogP contribution in [-0.2, 0) is 23.8 Å². The quantitative estimate of drug-likeness (QED) is 0.0195. The molecule has 0 bridgehead atoms. The zero-order chi connectivity index (χ0) is 67.9. The molecule has 0 aromatic rings. The number of allylic oxidation sites excluding steroid dienone is 11. The van der Waals surface area contributed by atoms with Crippen molar-refractivity contribution >= 4 is 11.9 Å². The van der Waals surface area contributed by atoms with Crippen molar-refractivity contribution in [3.05, 3.63) is 72.9 Å². The molecule has 1 fully saturated rings. The Kier molecular flexibility index (Phi) is 67.7. The minimum absolute atomic E-state index is 0.00500. The van der Waals surface area contributed by atoms with Crippen LogP contribution in [0.25, 0.3) is 0 Å². The Morgan fingerprint density at radius 1 is 0.394 bits per heavy atom. The predicted octanol–water partition coefficient (Wildman–Crippen LogP) is 21.8. The summed E-state index contributed by atoms with van der Waals surface area (Å²) in [5, 5.41) is 54.5. The lowest BCUT2D eigenvalue weighted by Crippen LogP contribution is -2.60. The van der Waals surface area contributed by atoms with Gasteiger partial charge in [-0.2, -0.15) is 0 Å². The summed E-state index contributed by atoms with van der Waals surface area (Å²) < 4.78 is 16.7. The summed E-state index contributed by atoms with van der Waals surface area (Å²) in [5.74, 6) is -0.188. The van der Waals surface area contributed by atoms with Crippen LogP contribution < -0.4 is 5.32 Å². The number of aliphatic hydroxyl groups excluding tert-OH is 5. The molecule has 1 rings (SSSR count). The summed E-state index contributed by atoms with van der Waals surface area (Å²) >= 11 is 0. The number of rotatable bonds is 71. The van der Waals surface area contributed by atoms with Gasteiger partial charge < -0.3 is 45.1 Å². The summed E-state index contributed by atoms with van der Waals surface area (Å²) in [6.07, 6.45) is 87.9. The summed E-state index contributed by atoms with van der Waals surface area (Å²) in [5.41, 5.74) is 0. The first-order valence-corrected chi connectivity index (χ1v) is 40.2. The highest BCUT2D eigenvalue weighted by atomic mass is 16.7. The van der Waals surface area contributed by atoms with Gasteiger partial charge in [-0.15, -0.1) is 0 Å². The van der Waals surface area contributed by atoms with Crippen LogP contribution in [0, 0.1) is 0 Å². The van der Waals surface area contributed by atoms with E-state index in [1.807, 2.05) is 6.08 Å². The van der Waals surface area contributed by atoms with Gasteiger partial charge in [0.2, 0.25) is 5.91 Å². The third kappa shape index (κ3) is 59.2. The van der Waals surface area contributed by atoms with Gasteiger partial charge in [-0.1, -0.05) is 324 Å². The van der Waals surface area contributed by atoms with E-state index in [0.29, 0.717) is 19.4 Å². The van der Waals surface area contributed by atoms with Crippen LogP contribution in [0.5, 0.6) is 0 Å². The SMILES string of the molecule is CCCCCC/C=C\CCCCCCCC(=O)OCCCCCCCCCCCCCCCCC/C=C\C/C=C\CCCCCCCCCCCCCCCCCCCC(=O)NC(COC1OC(CO)C(O)C(O)C1O)C(O)/C=C/CC/C=C/CC/C=C/CCCCCC. The second-order valence-corrected chi connectivity index (χ2v) is 27.7. The van der Waals surface area contributed by atoms with E-state index >= 15 is 0 Å². The number of nitrogens with one attached hydrogen (secondary N) is 1. The number of carbonyl (C=O) groups is 2. The van der Waals surface area contributed by atoms with Gasteiger partial charge in [-0.05, 0) is 116 Å². The third-order valence-electron chi connectivity index (χ3n) is 18.7. The maximum atomic E-state index is 13.1. The van der Waals surface area contributed by atoms with E-state index in [9.17, 15) is 35.1 Å². The molecule has 1 amide bonds. The lowest BCUT2D eigenvalue weighted by molar-refractivity contribution is -0.302. The van der Waals surface area contributed by atoms with Crippen LogP contribution in [0.15, 0.2) is 72.9 Å². The Morgan fingerprint density at radius 3 is 1.12 bits per heavy atom. The van der Waals surface area contributed by atoms with Crippen molar-refractivity contribution in [2.75, 3.05) is 19.8 Å². The van der Waals surface area contributed by atoms with Crippen molar-refractivity contribution in [3.63, 3.8) is 0 Å². The molecule has 0 aromatic carbocycles. The lowest BCUT2D eigenvalue weighted by Gasteiger charge is -2.40. The average molecular weight is 1320 g/mol. The van der Waals surface area contributed by atoms with Gasteiger partial charge >= 0.3 is 5.97 Å². The van der Waals surface area contributed by atoms with E-state index in [-0.39, 0.29) is 18.5 Å². The van der Waals surface area contributed by atoms with Crippen molar-refractivity contribution in [3.8, 4) is 0 Å². The van der Waals surface area contributed by atoms with Gasteiger partial charge in [0.15, 0.2) is 6.29 Å². The standard InChI is InChI=1S/C83H151NO10/c1-3-5-7-9-11-13-15-17-46-49-53-57-61-65-69-76(86)75(74-93-83-82(91)81(90)80(89)77(73-85)94-83)84-78(87)70-66-62-58-54-50-47-43-41-39-37-35-33-31-29-27-25-23-21-19-18-20-22-24-26-28-30-32-34-36-38-40-42-44-48-52-56-60-64-68-72-92-79(88)71-67-63-59-55-51-45-16-14-12-10-8-6-4-2/h13-16,18-19,22,24,49,53,65,69,75-77,80-83,85-86,89-91H,3-12,17,20-21,23,25-48,50-52,54-64,66-68,70-74H2,1-2H3,(H,84,87)/b15-13+,16-14-,19-18-,24-22-,53-49+,69-65+. The Bertz CT molecular complexity index is 1790. The topological polar surface area (TPSA) is 175 Å². The third-order valence-corrected chi connectivity index (χ3v) is 18.7. The van der Waals surface area contributed by atoms with Crippen LogP contribution in [0.3, 0.4) is 0 Å². The Hall–Kier alpha value is -2.90. The highest BCUT2D eigenvalue weighted by Gasteiger charge is 2.44.